The minimum absolute atomic E-state index is 0.0195. The Morgan fingerprint density at radius 2 is 1.83 bits per heavy atom. The Labute approximate surface area is 140 Å². The van der Waals surface area contributed by atoms with Crippen molar-refractivity contribution in [2.45, 2.75) is 25.2 Å². The van der Waals surface area contributed by atoms with Crippen LogP contribution in [0.1, 0.15) is 29.9 Å². The summed E-state index contributed by atoms with van der Waals surface area (Å²) in [5.74, 6) is -2.00. The van der Waals surface area contributed by atoms with E-state index in [2.05, 4.69) is 5.32 Å². The Bertz CT molecular complexity index is 662. The van der Waals surface area contributed by atoms with Crippen LogP contribution in [0.15, 0.2) is 48.5 Å². The lowest BCUT2D eigenvalue weighted by atomic mass is 9.96. The molecule has 0 heterocycles. The summed E-state index contributed by atoms with van der Waals surface area (Å²) < 4.78 is 26.7. The molecule has 0 saturated heterocycles. The standard InChI is InChI=1S/C19H21F2NO2/c20-17-8-4-7-15(19(17)21)9-10-18(24)22-13-16(11-12-23)14-5-2-1-3-6-14/h1-8,16,23H,9-13H2,(H,22,24). The molecule has 24 heavy (non-hydrogen) atoms. The number of hydrogen-bond donors (Lipinski definition) is 2. The first-order valence-corrected chi connectivity index (χ1v) is 7.97. The summed E-state index contributed by atoms with van der Waals surface area (Å²) in [4.78, 5) is 12.0. The molecule has 2 aromatic carbocycles. The van der Waals surface area contributed by atoms with Gasteiger partial charge in [0.25, 0.3) is 0 Å². The van der Waals surface area contributed by atoms with Gasteiger partial charge in [-0.1, -0.05) is 42.5 Å². The molecule has 0 saturated carbocycles. The zero-order chi connectivity index (χ0) is 17.4. The first-order valence-electron chi connectivity index (χ1n) is 7.97. The molecule has 0 bridgehead atoms. The van der Waals surface area contributed by atoms with Gasteiger partial charge >= 0.3 is 0 Å². The fraction of sp³-hybridized carbons (Fsp3) is 0.316. The Morgan fingerprint density at radius 3 is 2.54 bits per heavy atom. The largest absolute Gasteiger partial charge is 0.396 e. The van der Waals surface area contributed by atoms with E-state index in [-0.39, 0.29) is 36.8 Å². The van der Waals surface area contributed by atoms with Crippen LogP contribution in [0.3, 0.4) is 0 Å². The SMILES string of the molecule is O=C(CCc1cccc(F)c1F)NCC(CCO)c1ccccc1. The van der Waals surface area contributed by atoms with Crippen LogP contribution < -0.4 is 5.32 Å². The zero-order valence-electron chi connectivity index (χ0n) is 13.3. The molecular formula is C19H21F2NO2. The first kappa shape index (κ1) is 18.1. The molecule has 0 aliphatic heterocycles. The Hall–Kier alpha value is -2.27. The number of amides is 1. The van der Waals surface area contributed by atoms with Gasteiger partial charge in [-0.15, -0.1) is 0 Å². The molecule has 0 aliphatic carbocycles. The fourth-order valence-corrected chi connectivity index (χ4v) is 2.58. The third kappa shape index (κ3) is 5.13. The second kappa shape index (κ2) is 9.13. The highest BCUT2D eigenvalue weighted by Gasteiger charge is 2.13. The van der Waals surface area contributed by atoms with E-state index in [9.17, 15) is 18.7 Å². The number of benzene rings is 2. The van der Waals surface area contributed by atoms with E-state index in [0.717, 1.165) is 11.6 Å². The maximum atomic E-state index is 13.6. The van der Waals surface area contributed by atoms with E-state index in [1.807, 2.05) is 30.3 Å². The van der Waals surface area contributed by atoms with Crippen molar-refractivity contribution in [3.05, 3.63) is 71.3 Å². The van der Waals surface area contributed by atoms with E-state index in [1.54, 1.807) is 0 Å². The number of carbonyl (C=O) groups is 1. The highest BCUT2D eigenvalue weighted by Crippen LogP contribution is 2.18. The Kier molecular flexibility index (Phi) is 6.88. The summed E-state index contributed by atoms with van der Waals surface area (Å²) >= 11 is 0. The van der Waals surface area contributed by atoms with Gasteiger partial charge < -0.3 is 10.4 Å². The number of aryl methyl sites for hydroxylation is 1. The van der Waals surface area contributed by atoms with Gasteiger partial charge in [0.15, 0.2) is 11.6 Å². The molecule has 0 aromatic heterocycles. The van der Waals surface area contributed by atoms with Crippen molar-refractivity contribution in [1.29, 1.82) is 0 Å². The van der Waals surface area contributed by atoms with Gasteiger partial charge in [-0.3, -0.25) is 4.79 Å². The number of hydrogen-bond acceptors (Lipinski definition) is 2. The second-order valence-electron chi connectivity index (χ2n) is 5.64. The number of aliphatic hydroxyl groups excluding tert-OH is 1. The predicted octanol–water partition coefficient (Wildman–Crippen LogP) is 3.18. The minimum Gasteiger partial charge on any atom is -0.396 e. The summed E-state index contributed by atoms with van der Waals surface area (Å²) in [6.07, 6.45) is 0.773. The van der Waals surface area contributed by atoms with Crippen LogP contribution in [0.2, 0.25) is 0 Å². The molecule has 5 heteroatoms. The summed E-state index contributed by atoms with van der Waals surface area (Å²) in [7, 11) is 0. The van der Waals surface area contributed by atoms with Crippen molar-refractivity contribution in [1.82, 2.24) is 5.32 Å². The summed E-state index contributed by atoms with van der Waals surface area (Å²) in [6.45, 7) is 0.430. The molecule has 2 N–H and O–H groups in total. The van der Waals surface area contributed by atoms with Gasteiger partial charge in [-0.2, -0.15) is 0 Å². The lowest BCUT2D eigenvalue weighted by Crippen LogP contribution is -2.29. The van der Waals surface area contributed by atoms with Gasteiger partial charge in [0.2, 0.25) is 5.91 Å². The summed E-state index contributed by atoms with van der Waals surface area (Å²) in [6, 6.07) is 13.6. The first-order chi connectivity index (χ1) is 11.6. The van der Waals surface area contributed by atoms with Crippen molar-refractivity contribution in [2.75, 3.05) is 13.2 Å². The molecule has 1 unspecified atom stereocenters. The highest BCUT2D eigenvalue weighted by molar-refractivity contribution is 5.76. The van der Waals surface area contributed by atoms with Crippen LogP contribution >= 0.6 is 0 Å². The van der Waals surface area contributed by atoms with Crippen molar-refractivity contribution in [3.8, 4) is 0 Å². The van der Waals surface area contributed by atoms with Crippen LogP contribution in [0.4, 0.5) is 8.78 Å². The minimum atomic E-state index is -0.903. The van der Waals surface area contributed by atoms with Gasteiger partial charge in [-0.25, -0.2) is 8.78 Å². The zero-order valence-corrected chi connectivity index (χ0v) is 13.3. The Morgan fingerprint density at radius 1 is 1.08 bits per heavy atom. The molecule has 2 aromatic rings. The van der Waals surface area contributed by atoms with Crippen LogP contribution in [-0.2, 0) is 11.2 Å². The highest BCUT2D eigenvalue weighted by atomic mass is 19.2. The number of aliphatic hydroxyl groups is 1. The van der Waals surface area contributed by atoms with Crippen LogP contribution in [-0.4, -0.2) is 24.2 Å². The molecule has 3 nitrogen and oxygen atoms in total. The van der Waals surface area contributed by atoms with Crippen LogP contribution in [0, 0.1) is 11.6 Å². The molecule has 1 amide bonds. The van der Waals surface area contributed by atoms with Gasteiger partial charge in [-0.05, 0) is 30.0 Å². The molecule has 0 radical (unpaired) electrons. The smallest absolute Gasteiger partial charge is 0.220 e. The van der Waals surface area contributed by atoms with Gasteiger partial charge in [0.05, 0.1) is 0 Å². The third-order valence-electron chi connectivity index (χ3n) is 3.95. The van der Waals surface area contributed by atoms with E-state index in [0.29, 0.717) is 13.0 Å². The monoisotopic (exact) mass is 333 g/mol. The van der Waals surface area contributed by atoms with Crippen LogP contribution in [0.25, 0.3) is 0 Å². The number of rotatable bonds is 8. The van der Waals surface area contributed by atoms with Crippen molar-refractivity contribution in [2.24, 2.45) is 0 Å². The Balaban J connectivity index is 1.86. The number of halogens is 2. The molecular weight excluding hydrogens is 312 g/mol. The van der Waals surface area contributed by atoms with Gasteiger partial charge in [0.1, 0.15) is 0 Å². The number of nitrogens with one attached hydrogen (secondary N) is 1. The molecule has 1 atom stereocenters. The quantitative estimate of drug-likeness (QED) is 0.779. The lowest BCUT2D eigenvalue weighted by Gasteiger charge is -2.17. The molecule has 0 fully saturated rings. The maximum absolute atomic E-state index is 13.6. The molecule has 2 rings (SSSR count). The van der Waals surface area contributed by atoms with E-state index in [4.69, 9.17) is 0 Å². The van der Waals surface area contributed by atoms with Crippen molar-refractivity contribution >= 4 is 5.91 Å². The van der Waals surface area contributed by atoms with Crippen LogP contribution in [0.5, 0.6) is 0 Å². The molecule has 128 valence electrons. The number of carbonyl (C=O) groups excluding carboxylic acids is 1. The van der Waals surface area contributed by atoms with Gasteiger partial charge in [0, 0.05) is 25.5 Å². The average molecular weight is 333 g/mol. The van der Waals surface area contributed by atoms with Crippen molar-refractivity contribution < 1.29 is 18.7 Å². The lowest BCUT2D eigenvalue weighted by molar-refractivity contribution is -0.121. The summed E-state index contributed by atoms with van der Waals surface area (Å²) in [5.41, 5.74) is 1.24. The normalized spacial score (nSPS) is 12.0. The predicted molar refractivity (Wildman–Crippen MR) is 88.6 cm³/mol. The summed E-state index contributed by atoms with van der Waals surface area (Å²) in [5, 5.41) is 12.0. The van der Waals surface area contributed by atoms with Crippen molar-refractivity contribution in [3.63, 3.8) is 0 Å². The fourth-order valence-electron chi connectivity index (χ4n) is 2.58. The van der Waals surface area contributed by atoms with E-state index >= 15 is 0 Å². The molecule has 0 aliphatic rings. The average Bonchev–Trinajstić information content (AvgIpc) is 2.60. The second-order valence-corrected chi connectivity index (χ2v) is 5.64. The van der Waals surface area contributed by atoms with E-state index < -0.39 is 11.6 Å². The van der Waals surface area contributed by atoms with E-state index in [1.165, 1.54) is 12.1 Å². The molecule has 0 spiro atoms. The third-order valence-corrected chi connectivity index (χ3v) is 3.95. The topological polar surface area (TPSA) is 49.3 Å². The maximum Gasteiger partial charge on any atom is 0.220 e.